The fraction of sp³-hybridized carbons (Fsp3) is 0.720. The van der Waals surface area contributed by atoms with Gasteiger partial charge in [-0.3, -0.25) is 4.90 Å². The number of rotatable bonds is 9. The van der Waals surface area contributed by atoms with Crippen molar-refractivity contribution in [2.24, 2.45) is 10.4 Å². The van der Waals surface area contributed by atoms with E-state index in [2.05, 4.69) is 46.7 Å². The van der Waals surface area contributed by atoms with Gasteiger partial charge in [0.05, 0.1) is 12.6 Å². The second kappa shape index (κ2) is 12.4. The van der Waals surface area contributed by atoms with Crippen molar-refractivity contribution in [1.82, 2.24) is 15.5 Å². The highest BCUT2D eigenvalue weighted by atomic mass is 16.3. The van der Waals surface area contributed by atoms with Crippen LogP contribution < -0.4 is 10.6 Å². The molecule has 1 aromatic carbocycles. The normalized spacial score (nSPS) is 20.5. The van der Waals surface area contributed by atoms with E-state index in [9.17, 15) is 10.2 Å². The van der Waals surface area contributed by atoms with E-state index < -0.39 is 0 Å². The lowest BCUT2D eigenvalue weighted by atomic mass is 9.72. The molecule has 1 aliphatic heterocycles. The number of likely N-dealkylation sites (tertiary alicyclic amines) is 1. The molecule has 0 bridgehead atoms. The first-order valence-corrected chi connectivity index (χ1v) is 12.2. The zero-order chi connectivity index (χ0) is 21.9. The van der Waals surface area contributed by atoms with Gasteiger partial charge >= 0.3 is 0 Å². The van der Waals surface area contributed by atoms with E-state index in [1.165, 1.54) is 43.2 Å². The first-order valence-electron chi connectivity index (χ1n) is 12.2. The maximum Gasteiger partial charge on any atom is 0.191 e. The third kappa shape index (κ3) is 7.78. The molecule has 3 rings (SSSR count). The summed E-state index contributed by atoms with van der Waals surface area (Å²) < 4.78 is 0. The minimum atomic E-state index is -0.118. The molecule has 6 heteroatoms. The maximum atomic E-state index is 9.66. The van der Waals surface area contributed by atoms with Crippen LogP contribution in [0.5, 0.6) is 0 Å². The molecule has 6 nitrogen and oxygen atoms in total. The highest BCUT2D eigenvalue weighted by molar-refractivity contribution is 5.79. The predicted molar refractivity (Wildman–Crippen MR) is 127 cm³/mol. The van der Waals surface area contributed by atoms with E-state index in [4.69, 9.17) is 4.99 Å². The Labute approximate surface area is 188 Å². The van der Waals surface area contributed by atoms with E-state index in [0.29, 0.717) is 6.54 Å². The van der Waals surface area contributed by atoms with Crippen LogP contribution in [-0.2, 0) is 13.1 Å². The van der Waals surface area contributed by atoms with Gasteiger partial charge in [0, 0.05) is 39.3 Å². The smallest absolute Gasteiger partial charge is 0.191 e. The summed E-state index contributed by atoms with van der Waals surface area (Å²) >= 11 is 0. The Morgan fingerprint density at radius 2 is 1.74 bits per heavy atom. The van der Waals surface area contributed by atoms with Crippen molar-refractivity contribution in [3.05, 3.63) is 35.4 Å². The monoisotopic (exact) mass is 430 g/mol. The van der Waals surface area contributed by atoms with Gasteiger partial charge in [-0.05, 0) is 55.6 Å². The van der Waals surface area contributed by atoms with Gasteiger partial charge in [-0.25, -0.2) is 4.99 Å². The predicted octanol–water partition coefficient (Wildman–Crippen LogP) is 3.03. The number of hydrogen-bond acceptors (Lipinski definition) is 4. The number of nitrogens with zero attached hydrogens (tertiary/aromatic N) is 2. The van der Waals surface area contributed by atoms with Gasteiger partial charge in [-0.15, -0.1) is 0 Å². The van der Waals surface area contributed by atoms with Crippen molar-refractivity contribution in [3.63, 3.8) is 0 Å². The molecule has 31 heavy (non-hydrogen) atoms. The van der Waals surface area contributed by atoms with Crippen LogP contribution in [-0.4, -0.2) is 60.0 Å². The van der Waals surface area contributed by atoms with E-state index in [0.717, 1.165) is 57.9 Å². The average Bonchev–Trinajstić information content (AvgIpc) is 2.79. The molecule has 174 valence electrons. The summed E-state index contributed by atoms with van der Waals surface area (Å²) in [4.78, 5) is 7.22. The molecular formula is C25H42N4O2. The fourth-order valence-corrected chi connectivity index (χ4v) is 4.92. The van der Waals surface area contributed by atoms with E-state index >= 15 is 0 Å². The number of nitrogens with one attached hydrogen (secondary N) is 2. The van der Waals surface area contributed by atoms with Crippen LogP contribution >= 0.6 is 0 Å². The fourth-order valence-electron chi connectivity index (χ4n) is 4.92. The van der Waals surface area contributed by atoms with Gasteiger partial charge in [0.25, 0.3) is 0 Å². The van der Waals surface area contributed by atoms with Crippen LogP contribution in [0.15, 0.2) is 29.3 Å². The lowest BCUT2D eigenvalue weighted by Crippen LogP contribution is -2.44. The largest absolute Gasteiger partial charge is 0.396 e. The zero-order valence-corrected chi connectivity index (χ0v) is 19.3. The Morgan fingerprint density at radius 1 is 1.06 bits per heavy atom. The highest BCUT2D eigenvalue weighted by Crippen LogP contribution is 2.38. The average molecular weight is 431 g/mol. The summed E-state index contributed by atoms with van der Waals surface area (Å²) in [6, 6.07) is 8.76. The SMILES string of the molecule is CCNC(=NCc1ccc(CN2CCC(O)CC2)cc1)NCC1(CCO)CCCCC1. The molecule has 1 aliphatic carbocycles. The van der Waals surface area contributed by atoms with Crippen LogP contribution in [0, 0.1) is 5.41 Å². The van der Waals surface area contributed by atoms with Gasteiger partial charge in [-0.1, -0.05) is 43.5 Å². The standard InChI is InChI=1S/C25H42N4O2/c1-2-26-24(28-20-25(14-17-30)12-4-3-5-13-25)27-18-21-6-8-22(9-7-21)19-29-15-10-23(31)11-16-29/h6-9,23,30-31H,2-5,10-20H2,1H3,(H2,26,27,28). The Morgan fingerprint density at radius 3 is 2.39 bits per heavy atom. The van der Waals surface area contributed by atoms with Crippen LogP contribution in [0.4, 0.5) is 0 Å². The van der Waals surface area contributed by atoms with Gasteiger partial charge in [0.15, 0.2) is 5.96 Å². The number of aliphatic hydroxyl groups is 2. The molecular weight excluding hydrogens is 388 g/mol. The molecule has 2 fully saturated rings. The maximum absolute atomic E-state index is 9.66. The van der Waals surface area contributed by atoms with Crippen molar-refractivity contribution in [2.45, 2.75) is 77.5 Å². The molecule has 0 amide bonds. The van der Waals surface area contributed by atoms with Crippen molar-refractivity contribution in [3.8, 4) is 0 Å². The number of aliphatic hydroxyl groups excluding tert-OH is 2. The van der Waals surface area contributed by atoms with Crippen LogP contribution in [0.25, 0.3) is 0 Å². The van der Waals surface area contributed by atoms with Crippen molar-refractivity contribution >= 4 is 5.96 Å². The van der Waals surface area contributed by atoms with E-state index in [1.807, 2.05) is 0 Å². The molecule has 0 aromatic heterocycles. The Kier molecular flexibility index (Phi) is 9.62. The number of piperidine rings is 1. The topological polar surface area (TPSA) is 80.1 Å². The van der Waals surface area contributed by atoms with Gasteiger partial charge in [0.1, 0.15) is 0 Å². The number of guanidine groups is 1. The zero-order valence-electron chi connectivity index (χ0n) is 19.3. The van der Waals surface area contributed by atoms with Crippen LogP contribution in [0.2, 0.25) is 0 Å². The first kappa shape index (κ1) is 24.0. The Balaban J connectivity index is 1.52. The van der Waals surface area contributed by atoms with E-state index in [1.54, 1.807) is 0 Å². The minimum absolute atomic E-state index is 0.118. The second-order valence-corrected chi connectivity index (χ2v) is 9.41. The number of benzene rings is 1. The van der Waals surface area contributed by atoms with Crippen molar-refractivity contribution in [1.29, 1.82) is 0 Å². The molecule has 4 N–H and O–H groups in total. The summed E-state index contributed by atoms with van der Waals surface area (Å²) in [7, 11) is 0. The lowest BCUT2D eigenvalue weighted by molar-refractivity contribution is 0.0792. The molecule has 1 saturated carbocycles. The molecule has 0 unspecified atom stereocenters. The Bertz CT molecular complexity index is 657. The summed E-state index contributed by atoms with van der Waals surface area (Å²) in [5.74, 6) is 0.862. The van der Waals surface area contributed by atoms with Gasteiger partial charge < -0.3 is 20.8 Å². The third-order valence-corrected chi connectivity index (χ3v) is 6.94. The summed E-state index contributed by atoms with van der Waals surface area (Å²) in [6.07, 6.45) is 8.74. The van der Waals surface area contributed by atoms with Crippen molar-refractivity contribution < 1.29 is 10.2 Å². The molecule has 1 heterocycles. The minimum Gasteiger partial charge on any atom is -0.396 e. The second-order valence-electron chi connectivity index (χ2n) is 9.41. The number of aliphatic imine (C=N–C) groups is 1. The molecule has 0 atom stereocenters. The van der Waals surface area contributed by atoms with Gasteiger partial charge in [0.2, 0.25) is 0 Å². The lowest BCUT2D eigenvalue weighted by Gasteiger charge is -2.37. The van der Waals surface area contributed by atoms with Crippen LogP contribution in [0.1, 0.15) is 69.4 Å². The molecule has 2 aliphatic rings. The summed E-state index contributed by atoms with van der Waals surface area (Å²) in [5.41, 5.74) is 2.73. The third-order valence-electron chi connectivity index (χ3n) is 6.94. The first-order chi connectivity index (χ1) is 15.1. The molecule has 1 saturated heterocycles. The van der Waals surface area contributed by atoms with Gasteiger partial charge in [-0.2, -0.15) is 0 Å². The van der Waals surface area contributed by atoms with E-state index in [-0.39, 0.29) is 18.1 Å². The highest BCUT2D eigenvalue weighted by Gasteiger charge is 2.31. The quantitative estimate of drug-likeness (QED) is 0.358. The molecule has 1 aromatic rings. The molecule has 0 spiro atoms. The molecule has 0 radical (unpaired) electrons. The summed E-state index contributed by atoms with van der Waals surface area (Å²) in [6.45, 7) is 7.62. The number of hydrogen-bond donors (Lipinski definition) is 4. The summed E-state index contributed by atoms with van der Waals surface area (Å²) in [5, 5.41) is 26.1. The van der Waals surface area contributed by atoms with Crippen LogP contribution in [0.3, 0.4) is 0 Å². The van der Waals surface area contributed by atoms with Crippen molar-refractivity contribution in [2.75, 3.05) is 32.8 Å². The Hall–Kier alpha value is -1.63.